The Balaban J connectivity index is 1.71. The van der Waals surface area contributed by atoms with E-state index in [4.69, 9.17) is 4.74 Å². The zero-order valence-electron chi connectivity index (χ0n) is 10.5. The summed E-state index contributed by atoms with van der Waals surface area (Å²) in [6.07, 6.45) is 1.31. The Bertz CT molecular complexity index is 622. The van der Waals surface area contributed by atoms with E-state index in [1.165, 1.54) is 4.80 Å². The van der Waals surface area contributed by atoms with Gasteiger partial charge in [0.1, 0.15) is 5.75 Å². The Kier molecular flexibility index (Phi) is 2.86. The Labute approximate surface area is 109 Å². The highest BCUT2D eigenvalue weighted by Crippen LogP contribution is 2.27. The lowest BCUT2D eigenvalue weighted by Gasteiger charge is -2.17. The molecule has 2 aromatic rings. The molecule has 0 saturated carbocycles. The van der Waals surface area contributed by atoms with E-state index < -0.39 is 0 Å². The van der Waals surface area contributed by atoms with E-state index in [-0.39, 0.29) is 12.5 Å². The number of fused-ring (bicyclic) bond motifs is 1. The highest BCUT2D eigenvalue weighted by atomic mass is 16.5. The summed E-state index contributed by atoms with van der Waals surface area (Å²) in [4.78, 5) is 12.7. The topological polar surface area (TPSA) is 81.9 Å². The second kappa shape index (κ2) is 4.68. The number of nitrogens with zero attached hydrogens (tertiary/aromatic N) is 4. The molecule has 1 N–H and O–H groups in total. The van der Waals surface area contributed by atoms with Gasteiger partial charge < -0.3 is 10.1 Å². The lowest BCUT2D eigenvalue weighted by molar-refractivity contribution is -0.116. The average molecular weight is 259 g/mol. The number of carbonyl (C=O) groups is 1. The molecule has 0 atom stereocenters. The lowest BCUT2D eigenvalue weighted by Crippen LogP contribution is -2.18. The van der Waals surface area contributed by atoms with E-state index in [2.05, 4.69) is 20.7 Å². The molecule has 7 nitrogen and oxygen atoms in total. The van der Waals surface area contributed by atoms with Crippen LogP contribution in [0.15, 0.2) is 18.2 Å². The third kappa shape index (κ3) is 2.54. The zero-order chi connectivity index (χ0) is 13.2. The summed E-state index contributed by atoms with van der Waals surface area (Å²) in [5.74, 6) is 1.23. The first kappa shape index (κ1) is 11.6. The standard InChI is InChI=1S/C12H13N5O2/c1-17-15-11(14-16-17)7-19-9-4-2-8-3-5-12(18)13-10(8)6-9/h2,4,6H,3,5,7H2,1H3,(H,13,18). The fourth-order valence-corrected chi connectivity index (χ4v) is 1.97. The molecule has 1 aliphatic heterocycles. The number of aryl methyl sites for hydroxylation is 2. The number of benzene rings is 1. The van der Waals surface area contributed by atoms with E-state index in [1.807, 2.05) is 18.2 Å². The molecule has 2 heterocycles. The van der Waals surface area contributed by atoms with Gasteiger partial charge in [-0.15, -0.1) is 10.2 Å². The number of anilines is 1. The monoisotopic (exact) mass is 259 g/mol. The van der Waals surface area contributed by atoms with Gasteiger partial charge in [0.25, 0.3) is 0 Å². The first-order valence-electron chi connectivity index (χ1n) is 5.99. The molecule has 3 rings (SSSR count). The van der Waals surface area contributed by atoms with Gasteiger partial charge in [0.05, 0.1) is 7.05 Å². The maximum atomic E-state index is 11.3. The Morgan fingerprint density at radius 1 is 1.42 bits per heavy atom. The molecular formula is C12H13N5O2. The van der Waals surface area contributed by atoms with Crippen LogP contribution in [-0.2, 0) is 24.9 Å². The summed E-state index contributed by atoms with van der Waals surface area (Å²) in [5.41, 5.74) is 1.95. The van der Waals surface area contributed by atoms with Crippen LogP contribution in [-0.4, -0.2) is 26.1 Å². The maximum Gasteiger partial charge on any atom is 0.224 e. The SMILES string of the molecule is Cn1nnc(COc2ccc3c(c2)NC(=O)CC3)n1. The van der Waals surface area contributed by atoms with Gasteiger partial charge in [-0.1, -0.05) is 6.07 Å². The number of nitrogens with one attached hydrogen (secondary N) is 1. The largest absolute Gasteiger partial charge is 0.485 e. The zero-order valence-corrected chi connectivity index (χ0v) is 10.5. The van der Waals surface area contributed by atoms with E-state index in [9.17, 15) is 4.79 Å². The summed E-state index contributed by atoms with van der Waals surface area (Å²) in [5, 5.41) is 14.4. The Hall–Kier alpha value is -2.44. The first-order chi connectivity index (χ1) is 9.20. The van der Waals surface area contributed by atoms with Crippen molar-refractivity contribution in [1.82, 2.24) is 20.2 Å². The first-order valence-corrected chi connectivity index (χ1v) is 5.99. The van der Waals surface area contributed by atoms with Crippen LogP contribution in [0, 0.1) is 0 Å². The summed E-state index contributed by atoms with van der Waals surface area (Å²) < 4.78 is 5.58. The molecule has 1 aromatic carbocycles. The molecule has 98 valence electrons. The minimum absolute atomic E-state index is 0.0419. The van der Waals surface area contributed by atoms with Crippen LogP contribution >= 0.6 is 0 Å². The smallest absolute Gasteiger partial charge is 0.224 e. The molecule has 0 radical (unpaired) electrons. The van der Waals surface area contributed by atoms with Crippen molar-refractivity contribution in [3.63, 3.8) is 0 Å². The number of ether oxygens (including phenoxy) is 1. The third-order valence-corrected chi connectivity index (χ3v) is 2.89. The van der Waals surface area contributed by atoms with Gasteiger partial charge in [-0.05, 0) is 23.3 Å². The summed E-state index contributed by atoms with van der Waals surface area (Å²) in [7, 11) is 1.70. The number of carbonyl (C=O) groups excluding carboxylic acids is 1. The molecule has 1 aromatic heterocycles. The van der Waals surface area contributed by atoms with Crippen molar-refractivity contribution >= 4 is 11.6 Å². The molecule has 0 saturated heterocycles. The van der Waals surface area contributed by atoms with Gasteiger partial charge in [-0.2, -0.15) is 4.80 Å². The van der Waals surface area contributed by atoms with Crippen molar-refractivity contribution in [2.45, 2.75) is 19.4 Å². The number of amides is 1. The normalized spacial score (nSPS) is 13.8. The number of hydrogen-bond donors (Lipinski definition) is 1. The summed E-state index contributed by atoms with van der Waals surface area (Å²) in [6.45, 7) is 0.251. The lowest BCUT2D eigenvalue weighted by atomic mass is 10.0. The van der Waals surface area contributed by atoms with Gasteiger partial charge >= 0.3 is 0 Å². The maximum absolute atomic E-state index is 11.3. The van der Waals surface area contributed by atoms with Crippen LogP contribution in [0.1, 0.15) is 17.8 Å². The molecular weight excluding hydrogens is 246 g/mol. The van der Waals surface area contributed by atoms with Gasteiger partial charge in [0.2, 0.25) is 11.7 Å². The van der Waals surface area contributed by atoms with E-state index >= 15 is 0 Å². The quantitative estimate of drug-likeness (QED) is 0.876. The van der Waals surface area contributed by atoms with Crippen molar-refractivity contribution < 1.29 is 9.53 Å². The minimum Gasteiger partial charge on any atom is -0.485 e. The Morgan fingerprint density at radius 3 is 3.11 bits per heavy atom. The second-order valence-electron chi connectivity index (χ2n) is 4.35. The van der Waals surface area contributed by atoms with Crippen molar-refractivity contribution in [1.29, 1.82) is 0 Å². The molecule has 0 unspecified atom stereocenters. The van der Waals surface area contributed by atoms with Crippen molar-refractivity contribution in [2.24, 2.45) is 7.05 Å². The highest BCUT2D eigenvalue weighted by Gasteiger charge is 2.15. The van der Waals surface area contributed by atoms with Crippen molar-refractivity contribution in [2.75, 3.05) is 5.32 Å². The predicted molar refractivity (Wildman–Crippen MR) is 66.5 cm³/mol. The van der Waals surface area contributed by atoms with Crippen molar-refractivity contribution in [3.05, 3.63) is 29.6 Å². The van der Waals surface area contributed by atoms with Crippen LogP contribution < -0.4 is 10.1 Å². The van der Waals surface area contributed by atoms with Crippen molar-refractivity contribution in [3.8, 4) is 5.75 Å². The Morgan fingerprint density at radius 2 is 2.32 bits per heavy atom. The minimum atomic E-state index is 0.0419. The van der Waals surface area contributed by atoms with Crippen LogP contribution in [0.5, 0.6) is 5.75 Å². The predicted octanol–water partition coefficient (Wildman–Crippen LogP) is 0.674. The summed E-state index contributed by atoms with van der Waals surface area (Å²) >= 11 is 0. The van der Waals surface area contributed by atoms with Crippen LogP contribution in [0.2, 0.25) is 0 Å². The molecule has 7 heteroatoms. The van der Waals surface area contributed by atoms with E-state index in [0.717, 1.165) is 17.7 Å². The highest BCUT2D eigenvalue weighted by molar-refractivity contribution is 5.94. The fourth-order valence-electron chi connectivity index (χ4n) is 1.97. The number of aromatic nitrogens is 4. The molecule has 0 fully saturated rings. The number of rotatable bonds is 3. The van der Waals surface area contributed by atoms with E-state index in [1.54, 1.807) is 7.05 Å². The molecule has 19 heavy (non-hydrogen) atoms. The fraction of sp³-hybridized carbons (Fsp3) is 0.333. The van der Waals surface area contributed by atoms with Gasteiger partial charge in [-0.3, -0.25) is 4.79 Å². The van der Waals surface area contributed by atoms with Gasteiger partial charge in [0, 0.05) is 18.2 Å². The average Bonchev–Trinajstić information content (AvgIpc) is 2.81. The van der Waals surface area contributed by atoms with Gasteiger partial charge in [-0.25, -0.2) is 0 Å². The molecule has 1 amide bonds. The van der Waals surface area contributed by atoms with E-state index in [0.29, 0.717) is 18.0 Å². The van der Waals surface area contributed by atoms with Gasteiger partial charge in [0.15, 0.2) is 6.61 Å². The molecule has 0 aliphatic carbocycles. The molecule has 0 spiro atoms. The third-order valence-electron chi connectivity index (χ3n) is 2.89. The summed E-state index contributed by atoms with van der Waals surface area (Å²) in [6, 6.07) is 5.67. The van der Waals surface area contributed by atoms with Crippen LogP contribution in [0.3, 0.4) is 0 Å². The second-order valence-corrected chi connectivity index (χ2v) is 4.35. The molecule has 0 bridgehead atoms. The van der Waals surface area contributed by atoms with Crippen LogP contribution in [0.4, 0.5) is 5.69 Å². The van der Waals surface area contributed by atoms with Crippen LogP contribution in [0.25, 0.3) is 0 Å². The number of hydrogen-bond acceptors (Lipinski definition) is 5. The molecule has 1 aliphatic rings. The number of tetrazole rings is 1.